The molecule has 3 aliphatic carbocycles. The quantitative estimate of drug-likeness (QED) is 0.632. The lowest BCUT2D eigenvalue weighted by Gasteiger charge is -2.43. The second kappa shape index (κ2) is 6.77. The third-order valence-corrected chi connectivity index (χ3v) is 5.41. The zero-order valence-corrected chi connectivity index (χ0v) is 13.9. The lowest BCUT2D eigenvalue weighted by Crippen LogP contribution is -2.56. The third kappa shape index (κ3) is 4.23. The van der Waals surface area contributed by atoms with E-state index in [2.05, 4.69) is 10.2 Å². The summed E-state index contributed by atoms with van der Waals surface area (Å²) in [6, 6.07) is 0.501. The Kier molecular flexibility index (Phi) is 4.92. The van der Waals surface area contributed by atoms with Crippen molar-refractivity contribution in [2.45, 2.75) is 57.5 Å². The van der Waals surface area contributed by atoms with Gasteiger partial charge in [-0.05, 0) is 51.4 Å². The molecule has 3 rings (SSSR count). The van der Waals surface area contributed by atoms with Crippen molar-refractivity contribution in [3.05, 3.63) is 0 Å². The summed E-state index contributed by atoms with van der Waals surface area (Å²) < 4.78 is 5.43. The zero-order valence-electron chi connectivity index (χ0n) is 13.9. The van der Waals surface area contributed by atoms with Gasteiger partial charge in [0, 0.05) is 25.2 Å². The van der Waals surface area contributed by atoms with Gasteiger partial charge in [-0.3, -0.25) is 14.5 Å². The zero-order chi connectivity index (χ0) is 16.4. The van der Waals surface area contributed by atoms with Gasteiger partial charge in [0.1, 0.15) is 0 Å². The molecule has 0 atom stereocenters. The topological polar surface area (TPSA) is 78.9 Å². The lowest BCUT2D eigenvalue weighted by atomic mass is 9.84. The SMILES string of the molecule is CCOCC1(C(=O)NC2CC(N(CC(=O)O)CC3CC3)C2)CC1. The van der Waals surface area contributed by atoms with Gasteiger partial charge in [0.25, 0.3) is 0 Å². The van der Waals surface area contributed by atoms with Crippen LogP contribution in [-0.2, 0) is 14.3 Å². The third-order valence-electron chi connectivity index (χ3n) is 5.41. The van der Waals surface area contributed by atoms with Crippen LogP contribution in [0.1, 0.15) is 45.4 Å². The number of nitrogens with one attached hydrogen (secondary N) is 1. The maximum Gasteiger partial charge on any atom is 0.317 e. The molecule has 1 amide bonds. The molecule has 0 radical (unpaired) electrons. The number of ether oxygens (including phenoxy) is 1. The molecular formula is C17H28N2O4. The van der Waals surface area contributed by atoms with E-state index < -0.39 is 5.97 Å². The normalized spacial score (nSPS) is 28.3. The van der Waals surface area contributed by atoms with Gasteiger partial charge in [-0.2, -0.15) is 0 Å². The number of carboxylic acid groups (broad SMARTS) is 1. The van der Waals surface area contributed by atoms with E-state index in [1.54, 1.807) is 0 Å². The van der Waals surface area contributed by atoms with Crippen molar-refractivity contribution in [2.75, 3.05) is 26.3 Å². The number of carbonyl (C=O) groups excluding carboxylic acids is 1. The fourth-order valence-corrected chi connectivity index (χ4v) is 3.38. The van der Waals surface area contributed by atoms with Gasteiger partial charge < -0.3 is 15.2 Å². The standard InChI is InChI=1S/C17H28N2O4/c1-2-23-11-17(5-6-17)16(22)18-13-7-14(8-13)19(10-15(20)21)9-12-3-4-12/h12-14H,2-11H2,1H3,(H,18,22)(H,20,21). The van der Waals surface area contributed by atoms with E-state index >= 15 is 0 Å². The molecule has 0 saturated heterocycles. The molecule has 130 valence electrons. The molecule has 3 saturated carbocycles. The number of carboxylic acids is 1. The molecule has 0 unspecified atom stereocenters. The molecule has 3 fully saturated rings. The average Bonchev–Trinajstić information content (AvgIpc) is 3.34. The van der Waals surface area contributed by atoms with Crippen LogP contribution in [0, 0.1) is 11.3 Å². The van der Waals surface area contributed by atoms with Crippen LogP contribution in [-0.4, -0.2) is 60.3 Å². The number of aliphatic carboxylic acids is 1. The molecule has 0 aromatic heterocycles. The molecule has 23 heavy (non-hydrogen) atoms. The largest absolute Gasteiger partial charge is 0.480 e. The Hall–Kier alpha value is -1.14. The van der Waals surface area contributed by atoms with Crippen molar-refractivity contribution in [1.82, 2.24) is 10.2 Å². The Balaban J connectivity index is 1.42. The van der Waals surface area contributed by atoms with Gasteiger partial charge in [0.2, 0.25) is 5.91 Å². The summed E-state index contributed by atoms with van der Waals surface area (Å²) in [5.74, 6) is 0.0528. The maximum absolute atomic E-state index is 12.4. The molecule has 0 spiro atoms. The minimum Gasteiger partial charge on any atom is -0.480 e. The van der Waals surface area contributed by atoms with Crippen molar-refractivity contribution >= 4 is 11.9 Å². The van der Waals surface area contributed by atoms with Gasteiger partial charge >= 0.3 is 5.97 Å². The highest BCUT2D eigenvalue weighted by atomic mass is 16.5. The Morgan fingerprint density at radius 1 is 1.30 bits per heavy atom. The molecule has 6 nitrogen and oxygen atoms in total. The fraction of sp³-hybridized carbons (Fsp3) is 0.882. The van der Waals surface area contributed by atoms with Crippen molar-refractivity contribution in [3.8, 4) is 0 Å². The van der Waals surface area contributed by atoms with Gasteiger partial charge in [-0.25, -0.2) is 0 Å². The van der Waals surface area contributed by atoms with Crippen LogP contribution >= 0.6 is 0 Å². The minimum absolute atomic E-state index is 0.121. The highest BCUT2D eigenvalue weighted by molar-refractivity contribution is 5.85. The molecule has 0 heterocycles. The summed E-state index contributed by atoms with van der Waals surface area (Å²) in [5, 5.41) is 12.2. The van der Waals surface area contributed by atoms with Crippen LogP contribution in [0.15, 0.2) is 0 Å². The number of carbonyl (C=O) groups is 2. The molecule has 6 heteroatoms. The predicted molar refractivity (Wildman–Crippen MR) is 85.0 cm³/mol. The van der Waals surface area contributed by atoms with Gasteiger partial charge in [0.15, 0.2) is 0 Å². The summed E-state index contributed by atoms with van der Waals surface area (Å²) in [7, 11) is 0. The van der Waals surface area contributed by atoms with E-state index in [1.807, 2.05) is 6.92 Å². The molecule has 0 aromatic carbocycles. The number of hydrogen-bond acceptors (Lipinski definition) is 4. The van der Waals surface area contributed by atoms with Crippen LogP contribution in [0.25, 0.3) is 0 Å². The van der Waals surface area contributed by atoms with E-state index in [0.717, 1.165) is 32.2 Å². The Morgan fingerprint density at radius 2 is 2.00 bits per heavy atom. The summed E-state index contributed by atoms with van der Waals surface area (Å²) in [6.07, 6.45) is 6.03. The number of rotatable bonds is 10. The van der Waals surface area contributed by atoms with E-state index in [9.17, 15) is 9.59 Å². The van der Waals surface area contributed by atoms with E-state index in [-0.39, 0.29) is 23.9 Å². The first-order valence-electron chi connectivity index (χ1n) is 8.87. The van der Waals surface area contributed by atoms with Crippen molar-refractivity contribution in [2.24, 2.45) is 11.3 Å². The van der Waals surface area contributed by atoms with E-state index in [1.165, 1.54) is 12.8 Å². The van der Waals surface area contributed by atoms with Crippen LogP contribution in [0.2, 0.25) is 0 Å². The first-order valence-corrected chi connectivity index (χ1v) is 8.87. The molecular weight excluding hydrogens is 296 g/mol. The summed E-state index contributed by atoms with van der Waals surface area (Å²) >= 11 is 0. The Bertz CT molecular complexity index is 454. The summed E-state index contributed by atoms with van der Waals surface area (Å²) in [5.41, 5.74) is -0.282. The molecule has 0 aliphatic heterocycles. The smallest absolute Gasteiger partial charge is 0.317 e. The second-order valence-electron chi connectivity index (χ2n) is 7.48. The average molecular weight is 324 g/mol. The first-order chi connectivity index (χ1) is 11.0. The lowest BCUT2D eigenvalue weighted by molar-refractivity contribution is -0.140. The highest BCUT2D eigenvalue weighted by Crippen LogP contribution is 2.46. The van der Waals surface area contributed by atoms with Crippen molar-refractivity contribution < 1.29 is 19.4 Å². The van der Waals surface area contributed by atoms with Gasteiger partial charge in [-0.15, -0.1) is 0 Å². The Labute approximate surface area is 137 Å². The predicted octanol–water partition coefficient (Wildman–Crippen LogP) is 1.25. The summed E-state index contributed by atoms with van der Waals surface area (Å²) in [4.78, 5) is 25.5. The van der Waals surface area contributed by atoms with Crippen LogP contribution < -0.4 is 5.32 Å². The fourth-order valence-electron chi connectivity index (χ4n) is 3.38. The van der Waals surface area contributed by atoms with Crippen molar-refractivity contribution in [1.29, 1.82) is 0 Å². The minimum atomic E-state index is -0.758. The van der Waals surface area contributed by atoms with Gasteiger partial charge in [0.05, 0.1) is 18.6 Å². The second-order valence-corrected chi connectivity index (χ2v) is 7.48. The van der Waals surface area contributed by atoms with Crippen LogP contribution in [0.4, 0.5) is 0 Å². The molecule has 3 aliphatic rings. The van der Waals surface area contributed by atoms with E-state index in [0.29, 0.717) is 25.2 Å². The number of amides is 1. The number of hydrogen-bond donors (Lipinski definition) is 2. The van der Waals surface area contributed by atoms with Crippen LogP contribution in [0.3, 0.4) is 0 Å². The first kappa shape index (κ1) is 16.7. The van der Waals surface area contributed by atoms with E-state index in [4.69, 9.17) is 9.84 Å². The van der Waals surface area contributed by atoms with Crippen molar-refractivity contribution in [3.63, 3.8) is 0 Å². The molecule has 0 bridgehead atoms. The van der Waals surface area contributed by atoms with Gasteiger partial charge in [-0.1, -0.05) is 0 Å². The number of nitrogens with zero attached hydrogens (tertiary/aromatic N) is 1. The highest BCUT2D eigenvalue weighted by Gasteiger charge is 2.51. The summed E-state index contributed by atoms with van der Waals surface area (Å²) in [6.45, 7) is 4.13. The molecule has 0 aromatic rings. The molecule has 2 N–H and O–H groups in total. The monoisotopic (exact) mass is 324 g/mol. The van der Waals surface area contributed by atoms with Crippen LogP contribution in [0.5, 0.6) is 0 Å². The maximum atomic E-state index is 12.4. The Morgan fingerprint density at radius 3 is 2.52 bits per heavy atom.